The van der Waals surface area contributed by atoms with Crippen LogP contribution in [-0.4, -0.2) is 40.4 Å². The summed E-state index contributed by atoms with van der Waals surface area (Å²) in [7, 11) is 0. The summed E-state index contributed by atoms with van der Waals surface area (Å²) in [6.45, 7) is 3.46. The molecule has 2 fully saturated rings. The zero-order valence-electron chi connectivity index (χ0n) is 10.9. The third-order valence-electron chi connectivity index (χ3n) is 4.33. The van der Waals surface area contributed by atoms with Crippen LogP contribution in [-0.2, 0) is 0 Å². The smallest absolute Gasteiger partial charge is 0.335 e. The number of fused-ring (bicyclic) bond motifs is 1. The number of aliphatic hydroxyl groups is 1. The van der Waals surface area contributed by atoms with Crippen molar-refractivity contribution in [3.8, 4) is 0 Å². The second-order valence-corrected chi connectivity index (χ2v) is 5.63. The van der Waals surface area contributed by atoms with Crippen molar-refractivity contribution in [2.75, 3.05) is 18.0 Å². The largest absolute Gasteiger partial charge is 0.478 e. The van der Waals surface area contributed by atoms with Gasteiger partial charge in [0.1, 0.15) is 5.82 Å². The van der Waals surface area contributed by atoms with Gasteiger partial charge in [0.15, 0.2) is 0 Å². The lowest BCUT2D eigenvalue weighted by Gasteiger charge is -2.20. The zero-order chi connectivity index (χ0) is 13.6. The third kappa shape index (κ3) is 2.18. The highest BCUT2D eigenvalue weighted by Gasteiger charge is 2.42. The highest BCUT2D eigenvalue weighted by atomic mass is 16.4. The molecule has 3 unspecified atom stereocenters. The topological polar surface area (TPSA) is 73.7 Å². The number of hydrogen-bond donors (Lipinski definition) is 2. The summed E-state index contributed by atoms with van der Waals surface area (Å²) in [6, 6.07) is 3.21. The summed E-state index contributed by atoms with van der Waals surface area (Å²) in [5, 5.41) is 19.0. The summed E-state index contributed by atoms with van der Waals surface area (Å²) in [4.78, 5) is 17.6. The Labute approximate surface area is 111 Å². The van der Waals surface area contributed by atoms with E-state index in [4.69, 9.17) is 5.11 Å². The highest BCUT2D eigenvalue weighted by Crippen LogP contribution is 2.39. The molecule has 1 aromatic heterocycles. The van der Waals surface area contributed by atoms with E-state index in [1.807, 2.05) is 6.92 Å². The maximum absolute atomic E-state index is 11.1. The maximum Gasteiger partial charge on any atom is 0.335 e. The molecule has 1 aromatic rings. The van der Waals surface area contributed by atoms with Crippen molar-refractivity contribution in [3.63, 3.8) is 0 Å². The van der Waals surface area contributed by atoms with Gasteiger partial charge < -0.3 is 15.1 Å². The molecule has 0 aromatic carbocycles. The van der Waals surface area contributed by atoms with E-state index in [0.717, 1.165) is 31.7 Å². The summed E-state index contributed by atoms with van der Waals surface area (Å²) in [5.41, 5.74) is 0.993. The quantitative estimate of drug-likeness (QED) is 0.840. The summed E-state index contributed by atoms with van der Waals surface area (Å²) >= 11 is 0. The minimum absolute atomic E-state index is 0.209. The normalized spacial score (nSPS) is 29.6. The van der Waals surface area contributed by atoms with Crippen molar-refractivity contribution >= 4 is 11.8 Å². The first-order valence-electron chi connectivity index (χ1n) is 6.69. The van der Waals surface area contributed by atoms with Gasteiger partial charge in [0.2, 0.25) is 0 Å². The monoisotopic (exact) mass is 262 g/mol. The third-order valence-corrected chi connectivity index (χ3v) is 4.33. The van der Waals surface area contributed by atoms with Gasteiger partial charge in [0, 0.05) is 24.7 Å². The van der Waals surface area contributed by atoms with Gasteiger partial charge in [-0.1, -0.05) is 0 Å². The van der Waals surface area contributed by atoms with Gasteiger partial charge in [0.25, 0.3) is 0 Å². The standard InChI is InChI=1S/C14H18N2O3/c1-8-4-10(14(18)19)5-13(15-8)16-6-9-2-3-12(17)11(9)7-16/h4-5,9,11-12,17H,2-3,6-7H2,1H3,(H,18,19). The van der Waals surface area contributed by atoms with Crippen LogP contribution in [0.15, 0.2) is 12.1 Å². The van der Waals surface area contributed by atoms with Crippen LogP contribution in [0.25, 0.3) is 0 Å². The highest BCUT2D eigenvalue weighted by molar-refractivity contribution is 5.88. The van der Waals surface area contributed by atoms with Crippen molar-refractivity contribution < 1.29 is 15.0 Å². The van der Waals surface area contributed by atoms with Gasteiger partial charge in [-0.25, -0.2) is 9.78 Å². The van der Waals surface area contributed by atoms with Gasteiger partial charge in [-0.15, -0.1) is 0 Å². The molecule has 102 valence electrons. The SMILES string of the molecule is Cc1cc(C(=O)O)cc(N2CC3CCC(O)C3C2)n1. The average Bonchev–Trinajstić information content (AvgIpc) is 2.91. The Morgan fingerprint density at radius 3 is 2.84 bits per heavy atom. The molecular weight excluding hydrogens is 244 g/mol. The van der Waals surface area contributed by atoms with E-state index in [0.29, 0.717) is 17.5 Å². The molecule has 3 rings (SSSR count). The van der Waals surface area contributed by atoms with E-state index >= 15 is 0 Å². The van der Waals surface area contributed by atoms with Gasteiger partial charge in [-0.05, 0) is 37.8 Å². The van der Waals surface area contributed by atoms with Crippen LogP contribution in [0.3, 0.4) is 0 Å². The number of nitrogens with zero attached hydrogens (tertiary/aromatic N) is 2. The number of aromatic nitrogens is 1. The first-order valence-corrected chi connectivity index (χ1v) is 6.69. The Hall–Kier alpha value is -1.62. The lowest BCUT2D eigenvalue weighted by molar-refractivity contribution is 0.0696. The number of carboxylic acid groups (broad SMARTS) is 1. The summed E-state index contributed by atoms with van der Waals surface area (Å²) < 4.78 is 0. The van der Waals surface area contributed by atoms with Crippen LogP contribution in [0.5, 0.6) is 0 Å². The van der Waals surface area contributed by atoms with Gasteiger partial charge >= 0.3 is 5.97 Å². The molecule has 0 amide bonds. The Kier molecular flexibility index (Phi) is 2.93. The predicted octanol–water partition coefficient (Wildman–Crippen LogP) is 1.30. The average molecular weight is 262 g/mol. The number of aromatic carboxylic acids is 1. The number of carboxylic acids is 1. The molecule has 1 aliphatic heterocycles. The van der Waals surface area contributed by atoms with E-state index in [1.54, 1.807) is 12.1 Å². The molecule has 1 aliphatic carbocycles. The molecule has 1 saturated heterocycles. The molecule has 0 bridgehead atoms. The molecule has 3 atom stereocenters. The molecular formula is C14H18N2O3. The van der Waals surface area contributed by atoms with Crippen molar-refractivity contribution in [1.82, 2.24) is 4.98 Å². The molecule has 0 radical (unpaired) electrons. The Morgan fingerprint density at radius 2 is 2.16 bits per heavy atom. The molecule has 1 saturated carbocycles. The van der Waals surface area contributed by atoms with Crippen LogP contribution in [0, 0.1) is 18.8 Å². The first-order chi connectivity index (χ1) is 9.04. The zero-order valence-corrected chi connectivity index (χ0v) is 10.9. The first kappa shape index (κ1) is 12.4. The fourth-order valence-electron chi connectivity index (χ4n) is 3.36. The van der Waals surface area contributed by atoms with E-state index in [9.17, 15) is 9.90 Å². The minimum Gasteiger partial charge on any atom is -0.478 e. The number of aliphatic hydroxyl groups excluding tert-OH is 1. The van der Waals surface area contributed by atoms with E-state index in [2.05, 4.69) is 9.88 Å². The second kappa shape index (κ2) is 4.49. The lowest BCUT2D eigenvalue weighted by Crippen LogP contribution is -2.25. The van der Waals surface area contributed by atoms with Crippen LogP contribution < -0.4 is 4.90 Å². The molecule has 0 spiro atoms. The van der Waals surface area contributed by atoms with E-state index in [-0.39, 0.29) is 11.7 Å². The number of rotatable bonds is 2. The Balaban J connectivity index is 1.86. The molecule has 5 heteroatoms. The van der Waals surface area contributed by atoms with E-state index < -0.39 is 5.97 Å². The molecule has 19 heavy (non-hydrogen) atoms. The van der Waals surface area contributed by atoms with Crippen molar-refractivity contribution in [1.29, 1.82) is 0 Å². The number of aryl methyl sites for hydroxylation is 1. The number of carbonyl (C=O) groups is 1. The van der Waals surface area contributed by atoms with Crippen LogP contribution >= 0.6 is 0 Å². The fraction of sp³-hybridized carbons (Fsp3) is 0.571. The van der Waals surface area contributed by atoms with Crippen LogP contribution in [0.2, 0.25) is 0 Å². The van der Waals surface area contributed by atoms with Crippen LogP contribution in [0.4, 0.5) is 5.82 Å². The summed E-state index contributed by atoms with van der Waals surface area (Å²) in [6.07, 6.45) is 1.74. The molecule has 5 nitrogen and oxygen atoms in total. The molecule has 2 heterocycles. The number of pyridine rings is 1. The Morgan fingerprint density at radius 1 is 1.37 bits per heavy atom. The van der Waals surface area contributed by atoms with Crippen LogP contribution in [0.1, 0.15) is 28.9 Å². The number of anilines is 1. The van der Waals surface area contributed by atoms with E-state index in [1.165, 1.54) is 0 Å². The Bertz CT molecular complexity index is 517. The van der Waals surface area contributed by atoms with Gasteiger partial charge in [-0.3, -0.25) is 0 Å². The summed E-state index contributed by atoms with van der Waals surface area (Å²) in [5.74, 6) is 0.631. The second-order valence-electron chi connectivity index (χ2n) is 5.63. The molecule has 2 aliphatic rings. The predicted molar refractivity (Wildman–Crippen MR) is 70.4 cm³/mol. The minimum atomic E-state index is -0.925. The maximum atomic E-state index is 11.1. The molecule has 2 N–H and O–H groups in total. The van der Waals surface area contributed by atoms with Gasteiger partial charge in [-0.2, -0.15) is 0 Å². The van der Waals surface area contributed by atoms with Gasteiger partial charge in [0.05, 0.1) is 11.7 Å². The van der Waals surface area contributed by atoms with Crippen molar-refractivity contribution in [2.45, 2.75) is 25.9 Å². The lowest BCUT2D eigenvalue weighted by atomic mass is 10.00. The number of hydrogen-bond acceptors (Lipinski definition) is 4. The van der Waals surface area contributed by atoms with Crippen molar-refractivity contribution in [2.24, 2.45) is 11.8 Å². The van der Waals surface area contributed by atoms with Crippen molar-refractivity contribution in [3.05, 3.63) is 23.4 Å². The fourth-order valence-corrected chi connectivity index (χ4v) is 3.36.